The van der Waals surface area contributed by atoms with Gasteiger partial charge < -0.3 is 20.0 Å². The lowest BCUT2D eigenvalue weighted by atomic mass is 9.82. The molecule has 0 aromatic heterocycles. The molecule has 2 amide bonds. The fraction of sp³-hybridized carbons (Fsp3) is 0.846. The molecular formula is C13H22N2O4. The zero-order valence-electron chi connectivity index (χ0n) is 11.5. The second kappa shape index (κ2) is 5.36. The van der Waals surface area contributed by atoms with Gasteiger partial charge in [0.05, 0.1) is 6.10 Å². The van der Waals surface area contributed by atoms with Gasteiger partial charge in [-0.2, -0.15) is 0 Å². The molecule has 2 aliphatic rings. The molecule has 2 rings (SSSR count). The Balaban J connectivity index is 1.92. The molecule has 1 aliphatic heterocycles. The highest BCUT2D eigenvalue weighted by molar-refractivity contribution is 5.83. The molecule has 108 valence electrons. The lowest BCUT2D eigenvalue weighted by Crippen LogP contribution is -2.50. The van der Waals surface area contributed by atoms with Crippen LogP contribution in [0.4, 0.5) is 4.79 Å². The first kappa shape index (κ1) is 14.1. The highest BCUT2D eigenvalue weighted by atomic mass is 16.4. The van der Waals surface area contributed by atoms with Crippen LogP contribution >= 0.6 is 0 Å². The molecule has 2 unspecified atom stereocenters. The average molecular weight is 270 g/mol. The largest absolute Gasteiger partial charge is 0.480 e. The van der Waals surface area contributed by atoms with Crippen molar-refractivity contribution in [1.82, 2.24) is 9.80 Å². The van der Waals surface area contributed by atoms with Gasteiger partial charge in [-0.15, -0.1) is 0 Å². The van der Waals surface area contributed by atoms with E-state index in [4.69, 9.17) is 0 Å². The van der Waals surface area contributed by atoms with Gasteiger partial charge >= 0.3 is 12.0 Å². The molecule has 0 aromatic carbocycles. The van der Waals surface area contributed by atoms with Crippen molar-refractivity contribution in [3.8, 4) is 0 Å². The van der Waals surface area contributed by atoms with E-state index in [1.54, 1.807) is 11.9 Å². The smallest absolute Gasteiger partial charge is 0.326 e. The first-order chi connectivity index (χ1) is 8.90. The van der Waals surface area contributed by atoms with Crippen LogP contribution in [0.2, 0.25) is 0 Å². The van der Waals surface area contributed by atoms with E-state index in [1.165, 1.54) is 4.90 Å². The fourth-order valence-corrected chi connectivity index (χ4v) is 3.07. The molecule has 2 N–H and O–H groups in total. The summed E-state index contributed by atoms with van der Waals surface area (Å²) in [6.45, 7) is 2.97. The number of urea groups is 1. The van der Waals surface area contributed by atoms with E-state index in [2.05, 4.69) is 0 Å². The molecule has 1 saturated carbocycles. The first-order valence-electron chi connectivity index (χ1n) is 6.82. The van der Waals surface area contributed by atoms with Gasteiger partial charge in [-0.25, -0.2) is 9.59 Å². The molecule has 1 saturated heterocycles. The van der Waals surface area contributed by atoms with E-state index in [0.717, 1.165) is 19.3 Å². The Morgan fingerprint density at radius 3 is 2.53 bits per heavy atom. The number of aliphatic hydroxyl groups excluding tert-OH is 1. The molecule has 6 nitrogen and oxygen atoms in total. The van der Waals surface area contributed by atoms with Gasteiger partial charge in [-0.1, -0.05) is 6.92 Å². The van der Waals surface area contributed by atoms with E-state index in [-0.39, 0.29) is 18.1 Å². The van der Waals surface area contributed by atoms with Gasteiger partial charge in [0.1, 0.15) is 6.04 Å². The number of rotatable bonds is 3. The Labute approximate surface area is 113 Å². The van der Waals surface area contributed by atoms with Crippen molar-refractivity contribution < 1.29 is 19.8 Å². The fourth-order valence-electron chi connectivity index (χ4n) is 3.07. The molecule has 0 bridgehead atoms. The number of carboxylic acid groups (broad SMARTS) is 1. The standard InChI is InChI=1S/C13H22N2O4/c1-8-3-4-15(11(8)12(17)18)13(19)14(2)7-9-5-10(16)6-9/h8-11,16H,3-7H2,1-2H3,(H,17,18). The van der Waals surface area contributed by atoms with Crippen molar-refractivity contribution >= 4 is 12.0 Å². The van der Waals surface area contributed by atoms with Gasteiger partial charge in [-0.05, 0) is 31.1 Å². The van der Waals surface area contributed by atoms with E-state index in [9.17, 15) is 19.8 Å². The van der Waals surface area contributed by atoms with Gasteiger partial charge in [0.25, 0.3) is 0 Å². The topological polar surface area (TPSA) is 81.1 Å². The number of carbonyl (C=O) groups excluding carboxylic acids is 1. The normalized spacial score (nSPS) is 33.9. The Kier molecular flexibility index (Phi) is 3.99. The quantitative estimate of drug-likeness (QED) is 0.787. The number of aliphatic carboxylic acids is 1. The Morgan fingerprint density at radius 1 is 1.37 bits per heavy atom. The lowest BCUT2D eigenvalue weighted by Gasteiger charge is -2.36. The molecule has 0 spiro atoms. The predicted octanol–water partition coefficient (Wildman–Crippen LogP) is 0.604. The summed E-state index contributed by atoms with van der Waals surface area (Å²) in [7, 11) is 1.70. The van der Waals surface area contributed by atoms with E-state index >= 15 is 0 Å². The SMILES string of the molecule is CC1CCN(C(=O)N(C)CC2CC(O)C2)C1C(=O)O. The van der Waals surface area contributed by atoms with Gasteiger partial charge in [0.2, 0.25) is 0 Å². The Bertz CT molecular complexity index is 368. The van der Waals surface area contributed by atoms with Crippen LogP contribution < -0.4 is 0 Å². The van der Waals surface area contributed by atoms with Crippen molar-refractivity contribution in [3.05, 3.63) is 0 Å². The summed E-state index contributed by atoms with van der Waals surface area (Å²) in [6.07, 6.45) is 1.97. The molecule has 1 heterocycles. The maximum atomic E-state index is 12.3. The summed E-state index contributed by atoms with van der Waals surface area (Å²) >= 11 is 0. The maximum absolute atomic E-state index is 12.3. The molecule has 0 aromatic rings. The van der Waals surface area contributed by atoms with Crippen LogP contribution in [0.1, 0.15) is 26.2 Å². The summed E-state index contributed by atoms with van der Waals surface area (Å²) in [5, 5.41) is 18.5. The van der Waals surface area contributed by atoms with Crippen LogP contribution in [-0.4, -0.2) is 64.3 Å². The number of carboxylic acids is 1. The van der Waals surface area contributed by atoms with E-state index in [0.29, 0.717) is 19.0 Å². The van der Waals surface area contributed by atoms with E-state index in [1.807, 2.05) is 6.92 Å². The minimum Gasteiger partial charge on any atom is -0.480 e. The number of aliphatic hydroxyl groups is 1. The Morgan fingerprint density at radius 2 is 2.00 bits per heavy atom. The summed E-state index contributed by atoms with van der Waals surface area (Å²) in [5.74, 6) is -0.585. The minimum atomic E-state index is -0.925. The van der Waals surface area contributed by atoms with E-state index < -0.39 is 12.0 Å². The van der Waals surface area contributed by atoms with Gasteiger partial charge in [0.15, 0.2) is 0 Å². The van der Waals surface area contributed by atoms with Crippen molar-refractivity contribution in [2.45, 2.75) is 38.3 Å². The van der Waals surface area contributed by atoms with Crippen molar-refractivity contribution in [2.75, 3.05) is 20.1 Å². The predicted molar refractivity (Wildman–Crippen MR) is 68.7 cm³/mol. The third kappa shape index (κ3) is 2.83. The summed E-state index contributed by atoms with van der Waals surface area (Å²) in [5.41, 5.74) is 0. The van der Waals surface area contributed by atoms with Crippen LogP contribution in [0.5, 0.6) is 0 Å². The molecule has 1 aliphatic carbocycles. The van der Waals surface area contributed by atoms with Crippen LogP contribution in [0.15, 0.2) is 0 Å². The molecular weight excluding hydrogens is 248 g/mol. The van der Waals surface area contributed by atoms with Crippen molar-refractivity contribution in [3.63, 3.8) is 0 Å². The molecule has 0 radical (unpaired) electrons. The van der Waals surface area contributed by atoms with Crippen LogP contribution in [0, 0.1) is 11.8 Å². The molecule has 2 atom stereocenters. The highest BCUT2D eigenvalue weighted by Crippen LogP contribution is 2.29. The number of hydrogen-bond acceptors (Lipinski definition) is 3. The molecule has 2 fully saturated rings. The third-order valence-corrected chi connectivity index (χ3v) is 4.27. The zero-order valence-corrected chi connectivity index (χ0v) is 11.5. The summed E-state index contributed by atoms with van der Waals surface area (Å²) in [6, 6.07) is -0.917. The first-order valence-corrected chi connectivity index (χ1v) is 6.82. The minimum absolute atomic E-state index is 0.000347. The maximum Gasteiger partial charge on any atom is 0.326 e. The Hall–Kier alpha value is -1.30. The average Bonchev–Trinajstić information content (AvgIpc) is 2.68. The van der Waals surface area contributed by atoms with Gasteiger partial charge in [0, 0.05) is 20.1 Å². The highest BCUT2D eigenvalue weighted by Gasteiger charge is 2.41. The number of hydrogen-bond donors (Lipinski definition) is 2. The second-order valence-electron chi connectivity index (χ2n) is 5.90. The summed E-state index contributed by atoms with van der Waals surface area (Å²) < 4.78 is 0. The second-order valence-corrected chi connectivity index (χ2v) is 5.90. The van der Waals surface area contributed by atoms with Gasteiger partial charge in [-0.3, -0.25) is 0 Å². The van der Waals surface area contributed by atoms with Crippen molar-refractivity contribution in [2.24, 2.45) is 11.8 Å². The number of carbonyl (C=O) groups is 2. The number of amides is 2. The monoisotopic (exact) mass is 270 g/mol. The molecule has 19 heavy (non-hydrogen) atoms. The lowest BCUT2D eigenvalue weighted by molar-refractivity contribution is -0.142. The molecule has 6 heteroatoms. The third-order valence-electron chi connectivity index (χ3n) is 4.27. The van der Waals surface area contributed by atoms with Crippen molar-refractivity contribution in [1.29, 1.82) is 0 Å². The summed E-state index contributed by atoms with van der Waals surface area (Å²) in [4.78, 5) is 26.6. The zero-order chi connectivity index (χ0) is 14.2. The van der Waals surface area contributed by atoms with Crippen LogP contribution in [0.25, 0.3) is 0 Å². The number of nitrogens with zero attached hydrogens (tertiary/aromatic N) is 2. The number of likely N-dealkylation sites (tertiary alicyclic amines) is 1. The van der Waals surface area contributed by atoms with Crippen LogP contribution in [-0.2, 0) is 4.79 Å². The van der Waals surface area contributed by atoms with Crippen LogP contribution in [0.3, 0.4) is 0 Å².